The molecule has 10 nitrogen and oxygen atoms in total. The number of amides is 3. The van der Waals surface area contributed by atoms with Crippen LogP contribution in [0, 0.1) is 0 Å². The van der Waals surface area contributed by atoms with Crippen molar-refractivity contribution in [2.24, 2.45) is 5.73 Å². The van der Waals surface area contributed by atoms with Gasteiger partial charge in [0.1, 0.15) is 6.04 Å². The number of carboxylic acids is 1. The van der Waals surface area contributed by atoms with Gasteiger partial charge in [-0.1, -0.05) is 5.21 Å². The number of primary amides is 1. The van der Waals surface area contributed by atoms with Crippen LogP contribution in [0.4, 0.5) is 4.79 Å². The van der Waals surface area contributed by atoms with E-state index in [0.717, 1.165) is 0 Å². The molecule has 1 heterocycles. The standard InChI is InChI=1S/C10H16N6O4/c11-8(17)2-1-7(9(18)19)14-10(20)12-3-5-16-6-4-13-15-16/h4,6-7H,1-3,5H2,(H2,11,17)(H,18,19)(H2,12,14,20). The van der Waals surface area contributed by atoms with E-state index in [0.29, 0.717) is 6.54 Å². The van der Waals surface area contributed by atoms with Crippen molar-refractivity contribution in [3.8, 4) is 0 Å². The smallest absolute Gasteiger partial charge is 0.326 e. The second kappa shape index (κ2) is 7.71. The molecule has 20 heavy (non-hydrogen) atoms. The Balaban J connectivity index is 2.30. The molecule has 10 heteroatoms. The predicted molar refractivity (Wildman–Crippen MR) is 66.4 cm³/mol. The second-order valence-corrected chi connectivity index (χ2v) is 3.96. The van der Waals surface area contributed by atoms with Crippen LogP contribution in [0.2, 0.25) is 0 Å². The van der Waals surface area contributed by atoms with E-state index in [2.05, 4.69) is 20.9 Å². The maximum atomic E-state index is 11.5. The second-order valence-electron chi connectivity index (χ2n) is 3.96. The highest BCUT2D eigenvalue weighted by Gasteiger charge is 2.20. The van der Waals surface area contributed by atoms with E-state index >= 15 is 0 Å². The molecule has 5 N–H and O–H groups in total. The molecular weight excluding hydrogens is 268 g/mol. The van der Waals surface area contributed by atoms with Gasteiger partial charge in [-0.2, -0.15) is 0 Å². The van der Waals surface area contributed by atoms with Crippen LogP contribution in [-0.2, 0) is 16.1 Å². The van der Waals surface area contributed by atoms with Crippen LogP contribution in [0.1, 0.15) is 12.8 Å². The van der Waals surface area contributed by atoms with Gasteiger partial charge in [0.25, 0.3) is 0 Å². The van der Waals surface area contributed by atoms with Gasteiger partial charge in [-0.3, -0.25) is 9.48 Å². The topological polar surface area (TPSA) is 152 Å². The highest BCUT2D eigenvalue weighted by atomic mass is 16.4. The van der Waals surface area contributed by atoms with Crippen LogP contribution in [0.25, 0.3) is 0 Å². The van der Waals surface area contributed by atoms with Crippen LogP contribution in [0.15, 0.2) is 12.4 Å². The molecule has 0 radical (unpaired) electrons. The first-order chi connectivity index (χ1) is 9.49. The summed E-state index contributed by atoms with van der Waals surface area (Å²) >= 11 is 0. The number of nitrogens with zero attached hydrogens (tertiary/aromatic N) is 3. The predicted octanol–water partition coefficient (Wildman–Crippen LogP) is -1.70. The van der Waals surface area contributed by atoms with Crippen molar-refractivity contribution in [1.29, 1.82) is 0 Å². The summed E-state index contributed by atoms with van der Waals surface area (Å²) < 4.78 is 1.52. The summed E-state index contributed by atoms with van der Waals surface area (Å²) in [6, 6.07) is -1.80. The van der Waals surface area contributed by atoms with Crippen molar-refractivity contribution < 1.29 is 19.5 Å². The molecule has 1 rings (SSSR count). The quantitative estimate of drug-likeness (QED) is 0.446. The van der Waals surface area contributed by atoms with Crippen LogP contribution in [0.3, 0.4) is 0 Å². The Labute approximate surface area is 114 Å². The van der Waals surface area contributed by atoms with Gasteiger partial charge in [0.05, 0.1) is 12.7 Å². The summed E-state index contributed by atoms with van der Waals surface area (Å²) in [5, 5.41) is 20.9. The molecular formula is C10H16N6O4. The number of rotatable bonds is 8. The zero-order valence-electron chi connectivity index (χ0n) is 10.7. The van der Waals surface area contributed by atoms with Crippen molar-refractivity contribution in [3.63, 3.8) is 0 Å². The van der Waals surface area contributed by atoms with Gasteiger partial charge in [-0.05, 0) is 6.42 Å². The Morgan fingerprint density at radius 1 is 1.40 bits per heavy atom. The van der Waals surface area contributed by atoms with E-state index in [9.17, 15) is 14.4 Å². The summed E-state index contributed by atoms with van der Waals surface area (Å²) in [4.78, 5) is 33.0. The van der Waals surface area contributed by atoms with Gasteiger partial charge < -0.3 is 21.5 Å². The fourth-order valence-electron chi connectivity index (χ4n) is 1.39. The van der Waals surface area contributed by atoms with Crippen molar-refractivity contribution >= 4 is 17.9 Å². The van der Waals surface area contributed by atoms with Gasteiger partial charge in [-0.25, -0.2) is 9.59 Å². The lowest BCUT2D eigenvalue weighted by molar-refractivity contribution is -0.139. The van der Waals surface area contributed by atoms with Gasteiger partial charge in [0, 0.05) is 19.2 Å². The highest BCUT2D eigenvalue weighted by Crippen LogP contribution is 1.97. The Kier molecular flexibility index (Phi) is 5.94. The number of nitrogens with two attached hydrogens (primary N) is 1. The molecule has 0 aliphatic heterocycles. The minimum atomic E-state index is -1.22. The Morgan fingerprint density at radius 2 is 2.15 bits per heavy atom. The van der Waals surface area contributed by atoms with Crippen molar-refractivity contribution in [1.82, 2.24) is 25.6 Å². The monoisotopic (exact) mass is 284 g/mol. The van der Waals surface area contributed by atoms with Crippen LogP contribution in [0.5, 0.6) is 0 Å². The first-order valence-electron chi connectivity index (χ1n) is 5.88. The van der Waals surface area contributed by atoms with E-state index < -0.39 is 23.9 Å². The number of hydrogen-bond donors (Lipinski definition) is 4. The molecule has 110 valence electrons. The summed E-state index contributed by atoms with van der Waals surface area (Å²) in [6.07, 6.45) is 2.97. The molecule has 0 bridgehead atoms. The average Bonchev–Trinajstić information content (AvgIpc) is 2.87. The molecule has 0 aliphatic carbocycles. The van der Waals surface area contributed by atoms with Crippen molar-refractivity contribution in [3.05, 3.63) is 12.4 Å². The summed E-state index contributed by atoms with van der Waals surface area (Å²) in [6.45, 7) is 0.670. The van der Waals surface area contributed by atoms with E-state index in [1.54, 1.807) is 6.20 Å². The molecule has 3 amide bonds. The fourth-order valence-corrected chi connectivity index (χ4v) is 1.39. The zero-order chi connectivity index (χ0) is 15.0. The minimum Gasteiger partial charge on any atom is -0.480 e. The third kappa shape index (κ3) is 5.80. The number of hydrogen-bond acceptors (Lipinski definition) is 5. The van der Waals surface area contributed by atoms with Crippen LogP contribution < -0.4 is 16.4 Å². The molecule has 1 atom stereocenters. The first-order valence-corrected chi connectivity index (χ1v) is 5.88. The van der Waals surface area contributed by atoms with E-state index in [4.69, 9.17) is 10.8 Å². The number of carbonyl (C=O) groups excluding carboxylic acids is 2. The molecule has 1 aromatic rings. The molecule has 0 fully saturated rings. The minimum absolute atomic E-state index is 0.0544. The number of aromatic nitrogens is 3. The number of carbonyl (C=O) groups is 3. The Hall–Kier alpha value is -2.65. The number of carboxylic acid groups (broad SMARTS) is 1. The van der Waals surface area contributed by atoms with Gasteiger partial charge in [-0.15, -0.1) is 5.10 Å². The maximum absolute atomic E-state index is 11.5. The molecule has 0 aliphatic rings. The van der Waals surface area contributed by atoms with Crippen molar-refractivity contribution in [2.75, 3.05) is 6.54 Å². The molecule has 0 saturated heterocycles. The summed E-state index contributed by atoms with van der Waals surface area (Å²) in [5.41, 5.74) is 4.93. The fraction of sp³-hybridized carbons (Fsp3) is 0.500. The van der Waals surface area contributed by atoms with Gasteiger partial charge in [0.15, 0.2) is 0 Å². The first kappa shape index (κ1) is 15.4. The Morgan fingerprint density at radius 3 is 2.70 bits per heavy atom. The molecule has 1 unspecified atom stereocenters. The van der Waals surface area contributed by atoms with Gasteiger partial charge in [0.2, 0.25) is 5.91 Å². The maximum Gasteiger partial charge on any atom is 0.326 e. The zero-order valence-corrected chi connectivity index (χ0v) is 10.7. The van der Waals surface area contributed by atoms with E-state index in [-0.39, 0.29) is 19.4 Å². The molecule has 1 aromatic heterocycles. The lowest BCUT2D eigenvalue weighted by Gasteiger charge is -2.14. The molecule has 0 saturated carbocycles. The molecule has 0 spiro atoms. The lowest BCUT2D eigenvalue weighted by Crippen LogP contribution is -2.47. The number of aliphatic carboxylic acids is 1. The van der Waals surface area contributed by atoms with E-state index in [1.165, 1.54) is 10.9 Å². The SMILES string of the molecule is NC(=O)CCC(NC(=O)NCCn1ccnn1)C(=O)O. The number of urea groups is 1. The third-order valence-corrected chi connectivity index (χ3v) is 2.38. The van der Waals surface area contributed by atoms with Gasteiger partial charge >= 0.3 is 12.0 Å². The third-order valence-electron chi connectivity index (χ3n) is 2.38. The molecule has 0 aromatic carbocycles. The highest BCUT2D eigenvalue weighted by molar-refractivity contribution is 5.83. The largest absolute Gasteiger partial charge is 0.480 e. The normalized spacial score (nSPS) is 11.6. The van der Waals surface area contributed by atoms with Crippen molar-refractivity contribution in [2.45, 2.75) is 25.4 Å². The number of nitrogens with one attached hydrogen (secondary N) is 2. The summed E-state index contributed by atoms with van der Waals surface area (Å²) in [5.74, 6) is -1.85. The van der Waals surface area contributed by atoms with E-state index in [1.807, 2.05) is 0 Å². The average molecular weight is 284 g/mol. The van der Waals surface area contributed by atoms with Crippen LogP contribution >= 0.6 is 0 Å². The van der Waals surface area contributed by atoms with Crippen LogP contribution in [-0.4, -0.2) is 50.6 Å². The lowest BCUT2D eigenvalue weighted by atomic mass is 10.1. The summed E-state index contributed by atoms with van der Waals surface area (Å²) in [7, 11) is 0. The Bertz CT molecular complexity index is 460.